The molecular formula is C22H29N3O3. The van der Waals surface area contributed by atoms with Gasteiger partial charge in [-0.1, -0.05) is 30.3 Å². The van der Waals surface area contributed by atoms with Gasteiger partial charge in [-0.2, -0.15) is 0 Å². The van der Waals surface area contributed by atoms with Crippen LogP contribution in [0.3, 0.4) is 0 Å². The lowest BCUT2D eigenvalue weighted by Gasteiger charge is -2.25. The number of nitrogens with one attached hydrogen (secondary N) is 2. The smallest absolute Gasteiger partial charge is 0.253 e. The molecule has 2 unspecified atom stereocenters. The highest BCUT2D eigenvalue weighted by Crippen LogP contribution is 2.26. The van der Waals surface area contributed by atoms with E-state index in [1.807, 2.05) is 43.4 Å². The van der Waals surface area contributed by atoms with E-state index >= 15 is 0 Å². The van der Waals surface area contributed by atoms with Gasteiger partial charge in [-0.25, -0.2) is 0 Å². The molecule has 0 aromatic heterocycles. The molecule has 4 N–H and O–H groups in total. The number of nitrogens with zero attached hydrogens (tertiary/aromatic N) is 1. The van der Waals surface area contributed by atoms with Crippen molar-refractivity contribution in [1.29, 1.82) is 0 Å². The highest BCUT2D eigenvalue weighted by molar-refractivity contribution is 5.95. The van der Waals surface area contributed by atoms with Crippen LogP contribution < -0.4 is 10.9 Å². The van der Waals surface area contributed by atoms with E-state index in [1.54, 1.807) is 11.0 Å². The molecule has 0 aliphatic carbocycles. The SMILES string of the molecule is CC1NNC(C)C1CN(C)C(=O)c1cccc(-c2ccc(CO)cc2CO)c1. The normalized spacial score (nSPS) is 21.7. The van der Waals surface area contributed by atoms with E-state index in [0.29, 0.717) is 30.1 Å². The highest BCUT2D eigenvalue weighted by atomic mass is 16.3. The molecule has 1 heterocycles. The summed E-state index contributed by atoms with van der Waals surface area (Å²) < 4.78 is 0. The Morgan fingerprint density at radius 3 is 2.39 bits per heavy atom. The van der Waals surface area contributed by atoms with Crippen LogP contribution in [0, 0.1) is 5.92 Å². The van der Waals surface area contributed by atoms with Crippen LogP contribution in [-0.4, -0.2) is 46.7 Å². The number of amides is 1. The van der Waals surface area contributed by atoms with Gasteiger partial charge in [0, 0.05) is 37.2 Å². The first-order chi connectivity index (χ1) is 13.4. The maximum absolute atomic E-state index is 13.0. The molecule has 2 atom stereocenters. The molecule has 28 heavy (non-hydrogen) atoms. The van der Waals surface area contributed by atoms with Crippen LogP contribution in [0.2, 0.25) is 0 Å². The van der Waals surface area contributed by atoms with Crippen molar-refractivity contribution in [1.82, 2.24) is 15.8 Å². The maximum Gasteiger partial charge on any atom is 0.253 e. The summed E-state index contributed by atoms with van der Waals surface area (Å²) in [6.07, 6.45) is 0. The van der Waals surface area contributed by atoms with E-state index in [1.165, 1.54) is 0 Å². The van der Waals surface area contributed by atoms with Gasteiger partial charge in [-0.05, 0) is 48.2 Å². The van der Waals surface area contributed by atoms with E-state index in [2.05, 4.69) is 24.7 Å². The van der Waals surface area contributed by atoms with Gasteiger partial charge in [0.1, 0.15) is 0 Å². The summed E-state index contributed by atoms with van der Waals surface area (Å²) in [7, 11) is 1.84. The zero-order valence-electron chi connectivity index (χ0n) is 16.6. The third-order valence-corrected chi connectivity index (χ3v) is 5.60. The van der Waals surface area contributed by atoms with Gasteiger partial charge in [-0.3, -0.25) is 15.6 Å². The van der Waals surface area contributed by atoms with Gasteiger partial charge in [0.15, 0.2) is 0 Å². The highest BCUT2D eigenvalue weighted by Gasteiger charge is 2.31. The van der Waals surface area contributed by atoms with Crippen LogP contribution in [-0.2, 0) is 13.2 Å². The number of rotatable bonds is 6. The van der Waals surface area contributed by atoms with Gasteiger partial charge >= 0.3 is 0 Å². The molecule has 6 heteroatoms. The average molecular weight is 383 g/mol. The predicted octanol–water partition coefficient (Wildman–Crippen LogP) is 1.91. The Labute approximate surface area is 166 Å². The average Bonchev–Trinajstić information content (AvgIpc) is 3.04. The molecule has 1 fully saturated rings. The van der Waals surface area contributed by atoms with Crippen molar-refractivity contribution in [3.05, 3.63) is 59.2 Å². The zero-order valence-corrected chi connectivity index (χ0v) is 16.6. The number of carbonyl (C=O) groups is 1. The molecule has 1 aliphatic heterocycles. The fourth-order valence-electron chi connectivity index (χ4n) is 3.82. The van der Waals surface area contributed by atoms with E-state index in [-0.39, 0.29) is 19.1 Å². The van der Waals surface area contributed by atoms with Crippen molar-refractivity contribution in [2.45, 2.75) is 39.1 Å². The first-order valence-corrected chi connectivity index (χ1v) is 9.65. The van der Waals surface area contributed by atoms with Gasteiger partial charge in [0.2, 0.25) is 0 Å². The molecule has 2 aromatic rings. The summed E-state index contributed by atoms with van der Waals surface area (Å²) in [5.74, 6) is 0.315. The van der Waals surface area contributed by atoms with Crippen LogP contribution >= 0.6 is 0 Å². The number of hydrogen-bond acceptors (Lipinski definition) is 5. The maximum atomic E-state index is 13.0. The summed E-state index contributed by atoms with van der Waals surface area (Å²) >= 11 is 0. The van der Waals surface area contributed by atoms with Gasteiger partial charge < -0.3 is 15.1 Å². The Balaban J connectivity index is 1.82. The third kappa shape index (κ3) is 4.25. The number of hydrazine groups is 1. The molecule has 150 valence electrons. The van der Waals surface area contributed by atoms with Crippen LogP contribution in [0.15, 0.2) is 42.5 Å². The summed E-state index contributed by atoms with van der Waals surface area (Å²) in [6.45, 7) is 4.70. The molecule has 0 spiro atoms. The van der Waals surface area contributed by atoms with Crippen molar-refractivity contribution in [3.8, 4) is 11.1 Å². The van der Waals surface area contributed by atoms with Crippen LogP contribution in [0.25, 0.3) is 11.1 Å². The van der Waals surface area contributed by atoms with Crippen molar-refractivity contribution < 1.29 is 15.0 Å². The largest absolute Gasteiger partial charge is 0.392 e. The van der Waals surface area contributed by atoms with Crippen LogP contribution in [0.1, 0.15) is 35.3 Å². The standard InChI is InChI=1S/C22H29N3O3/c1-14-21(15(2)24-23-14)11-25(3)22(28)18-6-4-5-17(10-18)20-8-7-16(12-26)9-19(20)13-27/h4-10,14-15,21,23-24,26-27H,11-13H2,1-3H3. The quantitative estimate of drug-likeness (QED) is 0.612. The van der Waals surface area contributed by atoms with Crippen molar-refractivity contribution in [2.24, 2.45) is 5.92 Å². The number of aliphatic hydroxyl groups is 2. The Kier molecular flexibility index (Phi) is 6.46. The number of benzene rings is 2. The summed E-state index contributed by atoms with van der Waals surface area (Å²) in [4.78, 5) is 14.8. The second kappa shape index (κ2) is 8.84. The van der Waals surface area contributed by atoms with Crippen LogP contribution in [0.5, 0.6) is 0 Å². The Morgan fingerprint density at radius 2 is 1.75 bits per heavy atom. The number of carbonyl (C=O) groups excluding carboxylic acids is 1. The second-order valence-corrected chi connectivity index (χ2v) is 7.60. The lowest BCUT2D eigenvalue weighted by molar-refractivity contribution is 0.0767. The minimum atomic E-state index is -0.126. The molecule has 0 saturated carbocycles. The van der Waals surface area contributed by atoms with Crippen molar-refractivity contribution in [3.63, 3.8) is 0 Å². The first-order valence-electron chi connectivity index (χ1n) is 9.65. The lowest BCUT2D eigenvalue weighted by atomic mass is 9.95. The molecule has 2 aromatic carbocycles. The number of hydrogen-bond donors (Lipinski definition) is 4. The Morgan fingerprint density at radius 1 is 1.04 bits per heavy atom. The fraction of sp³-hybridized carbons (Fsp3) is 0.409. The van der Waals surface area contributed by atoms with Gasteiger partial charge in [0.25, 0.3) is 5.91 Å². The minimum absolute atomic E-state index is 0.0225. The lowest BCUT2D eigenvalue weighted by Crippen LogP contribution is -2.38. The predicted molar refractivity (Wildman–Crippen MR) is 109 cm³/mol. The monoisotopic (exact) mass is 383 g/mol. The van der Waals surface area contributed by atoms with Gasteiger partial charge in [0.05, 0.1) is 13.2 Å². The fourth-order valence-corrected chi connectivity index (χ4v) is 3.82. The van der Waals surface area contributed by atoms with E-state index < -0.39 is 0 Å². The number of aliphatic hydroxyl groups excluding tert-OH is 2. The van der Waals surface area contributed by atoms with Gasteiger partial charge in [-0.15, -0.1) is 0 Å². The second-order valence-electron chi connectivity index (χ2n) is 7.60. The molecule has 3 rings (SSSR count). The molecule has 6 nitrogen and oxygen atoms in total. The zero-order chi connectivity index (χ0) is 20.3. The molecule has 0 bridgehead atoms. The van der Waals surface area contributed by atoms with E-state index in [0.717, 1.165) is 22.3 Å². The van der Waals surface area contributed by atoms with E-state index in [9.17, 15) is 15.0 Å². The Bertz CT molecular complexity index is 830. The topological polar surface area (TPSA) is 84.8 Å². The third-order valence-electron chi connectivity index (χ3n) is 5.60. The van der Waals surface area contributed by atoms with Crippen molar-refractivity contribution in [2.75, 3.05) is 13.6 Å². The molecule has 0 radical (unpaired) electrons. The molecule has 1 saturated heterocycles. The Hall–Kier alpha value is -2.25. The summed E-state index contributed by atoms with van der Waals surface area (Å²) in [5.41, 5.74) is 10.3. The van der Waals surface area contributed by atoms with E-state index in [4.69, 9.17) is 0 Å². The molecular weight excluding hydrogens is 354 g/mol. The molecule has 1 amide bonds. The minimum Gasteiger partial charge on any atom is -0.392 e. The molecule has 1 aliphatic rings. The first kappa shape index (κ1) is 20.5. The van der Waals surface area contributed by atoms with Crippen molar-refractivity contribution >= 4 is 5.91 Å². The summed E-state index contributed by atoms with van der Waals surface area (Å²) in [6, 6.07) is 13.6. The van der Waals surface area contributed by atoms with Crippen LogP contribution in [0.4, 0.5) is 0 Å². The summed E-state index contributed by atoms with van der Waals surface area (Å²) in [5, 5.41) is 19.0.